The van der Waals surface area contributed by atoms with Gasteiger partial charge in [0.15, 0.2) is 0 Å². The van der Waals surface area contributed by atoms with E-state index in [1.807, 2.05) is 0 Å². The zero-order chi connectivity index (χ0) is 18.8. The third-order valence-corrected chi connectivity index (χ3v) is 6.33. The highest BCUT2D eigenvalue weighted by Crippen LogP contribution is 2.21. The van der Waals surface area contributed by atoms with Crippen LogP contribution in [0.1, 0.15) is 12.0 Å². The molecule has 0 spiro atoms. The monoisotopic (exact) mass is 376 g/mol. The first-order chi connectivity index (χ1) is 11.6. The Kier molecular flexibility index (Phi) is 6.12. The van der Waals surface area contributed by atoms with Crippen LogP contribution in [0.15, 0.2) is 18.2 Å². The molecule has 6 nitrogen and oxygen atoms in total. The number of amides is 1. The molecule has 2 atom stereocenters. The second-order valence-corrected chi connectivity index (χ2v) is 8.65. The fourth-order valence-corrected chi connectivity index (χ4v) is 3.93. The number of β-amino-alcohol motifs (C(OH)–C–C–N with tert-alkyl or cyclic N) is 1. The molecule has 1 aromatic carbocycles. The molecule has 0 aromatic heterocycles. The lowest BCUT2D eigenvalue weighted by molar-refractivity contribution is -0.130. The average Bonchev–Trinajstić information content (AvgIpc) is 2.86. The van der Waals surface area contributed by atoms with E-state index in [1.165, 1.54) is 25.1 Å². The molecule has 1 aliphatic rings. The number of carbonyl (C=O) groups excluding carboxylic acids is 1. The van der Waals surface area contributed by atoms with E-state index in [0.717, 1.165) is 16.4 Å². The summed E-state index contributed by atoms with van der Waals surface area (Å²) in [6.07, 6.45) is -0.804. The van der Waals surface area contributed by atoms with Crippen LogP contribution in [-0.4, -0.2) is 67.7 Å². The number of likely N-dealkylation sites (tertiary alicyclic amines) is 1. The van der Waals surface area contributed by atoms with Crippen LogP contribution >= 0.6 is 0 Å². The largest absolute Gasteiger partial charge is 0.391 e. The van der Waals surface area contributed by atoms with Gasteiger partial charge in [0.05, 0.1) is 11.9 Å². The van der Waals surface area contributed by atoms with Gasteiger partial charge in [-0.2, -0.15) is 0 Å². The summed E-state index contributed by atoms with van der Waals surface area (Å²) in [4.78, 5) is 13.6. The SMILES string of the molecule is CN(C)S(=O)(=O)C[C@@H]1CN(C(=O)CCc2ccc(F)cc2F)C[C@H]1O. The van der Waals surface area contributed by atoms with E-state index in [0.29, 0.717) is 0 Å². The van der Waals surface area contributed by atoms with E-state index in [1.54, 1.807) is 0 Å². The third kappa shape index (κ3) is 4.96. The lowest BCUT2D eigenvalue weighted by atomic mass is 10.1. The Bertz CT molecular complexity index is 740. The van der Waals surface area contributed by atoms with Crippen LogP contribution < -0.4 is 0 Å². The topological polar surface area (TPSA) is 77.9 Å². The second kappa shape index (κ2) is 7.76. The fraction of sp³-hybridized carbons (Fsp3) is 0.562. The van der Waals surface area contributed by atoms with Crippen molar-refractivity contribution in [2.75, 3.05) is 32.9 Å². The van der Waals surface area contributed by atoms with Gasteiger partial charge in [0.2, 0.25) is 15.9 Å². The number of hydrogen-bond acceptors (Lipinski definition) is 4. The molecule has 1 aromatic rings. The van der Waals surface area contributed by atoms with Gasteiger partial charge in [-0.15, -0.1) is 0 Å². The fourth-order valence-electron chi connectivity index (χ4n) is 2.77. The number of halogens is 2. The van der Waals surface area contributed by atoms with Crippen LogP contribution in [-0.2, 0) is 21.2 Å². The van der Waals surface area contributed by atoms with Gasteiger partial charge in [-0.25, -0.2) is 21.5 Å². The van der Waals surface area contributed by atoms with Crippen LogP contribution in [0.2, 0.25) is 0 Å². The van der Waals surface area contributed by atoms with Crippen molar-refractivity contribution in [3.8, 4) is 0 Å². The Hall–Kier alpha value is -1.58. The highest BCUT2D eigenvalue weighted by Gasteiger charge is 2.37. The van der Waals surface area contributed by atoms with Gasteiger partial charge in [0, 0.05) is 45.6 Å². The van der Waals surface area contributed by atoms with Crippen LogP contribution in [0, 0.1) is 17.6 Å². The first-order valence-corrected chi connectivity index (χ1v) is 9.51. The standard InChI is InChI=1S/C16H22F2N2O4S/c1-19(2)25(23,24)10-12-8-20(9-15(12)21)16(22)6-4-11-3-5-13(17)7-14(11)18/h3,5,7,12,15,21H,4,6,8-10H2,1-2H3/t12-,15+/m0/s1. The van der Waals surface area contributed by atoms with Gasteiger partial charge in [-0.3, -0.25) is 4.79 Å². The molecular formula is C16H22F2N2O4S. The van der Waals surface area contributed by atoms with Gasteiger partial charge >= 0.3 is 0 Å². The average molecular weight is 376 g/mol. The number of benzene rings is 1. The second-order valence-electron chi connectivity index (χ2n) is 6.42. The van der Waals surface area contributed by atoms with Crippen molar-refractivity contribution in [3.05, 3.63) is 35.4 Å². The molecule has 0 unspecified atom stereocenters. The number of nitrogens with zero attached hydrogens (tertiary/aromatic N) is 2. The highest BCUT2D eigenvalue weighted by atomic mass is 32.2. The van der Waals surface area contributed by atoms with Crippen molar-refractivity contribution in [3.63, 3.8) is 0 Å². The molecule has 1 N–H and O–H groups in total. The number of aryl methyl sites for hydroxylation is 1. The lowest BCUT2D eigenvalue weighted by Crippen LogP contribution is -2.33. The van der Waals surface area contributed by atoms with Crippen molar-refractivity contribution in [2.24, 2.45) is 5.92 Å². The molecule has 2 rings (SSSR count). The molecule has 1 amide bonds. The van der Waals surface area contributed by atoms with Gasteiger partial charge in [0.25, 0.3) is 0 Å². The van der Waals surface area contributed by atoms with E-state index in [-0.39, 0.29) is 43.2 Å². The smallest absolute Gasteiger partial charge is 0.223 e. The molecule has 0 saturated carbocycles. The number of sulfonamides is 1. The summed E-state index contributed by atoms with van der Waals surface area (Å²) in [5.41, 5.74) is 0.237. The highest BCUT2D eigenvalue weighted by molar-refractivity contribution is 7.89. The first kappa shape index (κ1) is 19.7. The molecule has 0 radical (unpaired) electrons. The number of aliphatic hydroxyl groups excluding tert-OH is 1. The van der Waals surface area contributed by atoms with Crippen LogP contribution in [0.25, 0.3) is 0 Å². The first-order valence-electron chi connectivity index (χ1n) is 7.90. The number of rotatable bonds is 6. The summed E-state index contributed by atoms with van der Waals surface area (Å²) in [6, 6.07) is 3.19. The van der Waals surface area contributed by atoms with Gasteiger partial charge < -0.3 is 10.0 Å². The minimum atomic E-state index is -3.48. The summed E-state index contributed by atoms with van der Waals surface area (Å²) in [5.74, 6) is -2.48. The Balaban J connectivity index is 1.93. The zero-order valence-electron chi connectivity index (χ0n) is 14.2. The quantitative estimate of drug-likeness (QED) is 0.789. The summed E-state index contributed by atoms with van der Waals surface area (Å²) < 4.78 is 51.4. The van der Waals surface area contributed by atoms with Crippen molar-refractivity contribution in [2.45, 2.75) is 18.9 Å². The molecule has 25 heavy (non-hydrogen) atoms. The molecule has 1 saturated heterocycles. The zero-order valence-corrected chi connectivity index (χ0v) is 15.0. The normalized spacial score (nSPS) is 21.1. The molecule has 9 heteroatoms. The van der Waals surface area contributed by atoms with E-state index in [4.69, 9.17) is 0 Å². The predicted molar refractivity (Wildman–Crippen MR) is 88.2 cm³/mol. The van der Waals surface area contributed by atoms with Crippen molar-refractivity contribution >= 4 is 15.9 Å². The minimum absolute atomic E-state index is 0.00240. The summed E-state index contributed by atoms with van der Waals surface area (Å²) in [7, 11) is -0.651. The molecule has 0 bridgehead atoms. The van der Waals surface area contributed by atoms with Crippen molar-refractivity contribution < 1.29 is 27.1 Å². The van der Waals surface area contributed by atoms with Crippen molar-refractivity contribution in [1.82, 2.24) is 9.21 Å². The summed E-state index contributed by atoms with van der Waals surface area (Å²) in [5, 5.41) is 10.0. The van der Waals surface area contributed by atoms with Crippen LogP contribution in [0.5, 0.6) is 0 Å². The number of carbonyl (C=O) groups is 1. The van der Waals surface area contributed by atoms with Crippen LogP contribution in [0.3, 0.4) is 0 Å². The van der Waals surface area contributed by atoms with E-state index in [2.05, 4.69) is 0 Å². The molecule has 1 heterocycles. The lowest BCUT2D eigenvalue weighted by Gasteiger charge is -2.18. The maximum atomic E-state index is 13.6. The molecule has 1 fully saturated rings. The molecular weight excluding hydrogens is 354 g/mol. The Morgan fingerprint density at radius 3 is 2.60 bits per heavy atom. The van der Waals surface area contributed by atoms with E-state index in [9.17, 15) is 27.1 Å². The van der Waals surface area contributed by atoms with Gasteiger partial charge in [-0.1, -0.05) is 6.07 Å². The summed E-state index contributed by atoms with van der Waals surface area (Å²) >= 11 is 0. The Morgan fingerprint density at radius 1 is 1.32 bits per heavy atom. The molecule has 140 valence electrons. The van der Waals surface area contributed by atoms with E-state index >= 15 is 0 Å². The maximum Gasteiger partial charge on any atom is 0.223 e. The van der Waals surface area contributed by atoms with Gasteiger partial charge in [-0.05, 0) is 18.1 Å². The molecule has 0 aliphatic carbocycles. The van der Waals surface area contributed by atoms with E-state index < -0.39 is 33.7 Å². The predicted octanol–water partition coefficient (Wildman–Crippen LogP) is 0.608. The molecule has 1 aliphatic heterocycles. The number of aliphatic hydroxyl groups is 1. The van der Waals surface area contributed by atoms with Crippen molar-refractivity contribution in [1.29, 1.82) is 0 Å². The maximum absolute atomic E-state index is 13.6. The van der Waals surface area contributed by atoms with Crippen LogP contribution in [0.4, 0.5) is 8.78 Å². The Morgan fingerprint density at radius 2 is 2.00 bits per heavy atom. The minimum Gasteiger partial charge on any atom is -0.391 e. The Labute approximate surface area is 146 Å². The number of hydrogen-bond donors (Lipinski definition) is 1. The summed E-state index contributed by atoms with van der Waals surface area (Å²) in [6.45, 7) is 0.192. The third-order valence-electron chi connectivity index (χ3n) is 4.36. The van der Waals surface area contributed by atoms with Gasteiger partial charge in [0.1, 0.15) is 11.6 Å².